The van der Waals surface area contributed by atoms with Gasteiger partial charge in [0.25, 0.3) is 5.56 Å². The molecule has 0 unspecified atom stereocenters. The average Bonchev–Trinajstić information content (AvgIpc) is 2.65. The van der Waals surface area contributed by atoms with Gasteiger partial charge in [0.2, 0.25) is 0 Å². The molecule has 96 valence electrons. The van der Waals surface area contributed by atoms with Gasteiger partial charge in [-0.25, -0.2) is 0 Å². The zero-order valence-electron chi connectivity index (χ0n) is 10.8. The zero-order valence-corrected chi connectivity index (χ0v) is 10.8. The van der Waals surface area contributed by atoms with Gasteiger partial charge in [0.15, 0.2) is 0 Å². The van der Waals surface area contributed by atoms with Crippen molar-refractivity contribution in [1.29, 1.82) is 0 Å². The summed E-state index contributed by atoms with van der Waals surface area (Å²) in [7, 11) is 1.76. The fourth-order valence-electron chi connectivity index (χ4n) is 2.32. The number of allylic oxidation sites excluding steroid dienone is 2. The van der Waals surface area contributed by atoms with E-state index in [4.69, 9.17) is 0 Å². The summed E-state index contributed by atoms with van der Waals surface area (Å²) in [6.07, 6.45) is 6.45. The highest BCUT2D eigenvalue weighted by Gasteiger charge is 2.21. The smallest absolute Gasteiger partial charge is 0.270 e. The first-order valence-electron chi connectivity index (χ1n) is 6.09. The lowest BCUT2D eigenvalue weighted by Gasteiger charge is -2.26. The lowest BCUT2D eigenvalue weighted by Crippen LogP contribution is -2.34. The van der Waals surface area contributed by atoms with Gasteiger partial charge in [-0.1, -0.05) is 31.4 Å². The SMILES string of the molecule is C=C/C=C(\C=C)CN1CCc2[nH]n(C)c(=O)c2C1. The second-order valence-corrected chi connectivity index (χ2v) is 4.58. The fourth-order valence-corrected chi connectivity index (χ4v) is 2.32. The predicted molar refractivity (Wildman–Crippen MR) is 73.5 cm³/mol. The van der Waals surface area contributed by atoms with Gasteiger partial charge in [-0.15, -0.1) is 0 Å². The number of nitrogens with one attached hydrogen (secondary N) is 1. The summed E-state index contributed by atoms with van der Waals surface area (Å²) in [5, 5.41) is 3.10. The number of hydrogen-bond acceptors (Lipinski definition) is 2. The summed E-state index contributed by atoms with van der Waals surface area (Å²) in [6.45, 7) is 9.95. The fraction of sp³-hybridized carbons (Fsp3) is 0.357. The van der Waals surface area contributed by atoms with Crippen LogP contribution in [0.25, 0.3) is 0 Å². The highest BCUT2D eigenvalue weighted by Crippen LogP contribution is 2.15. The highest BCUT2D eigenvalue weighted by atomic mass is 16.1. The molecule has 0 atom stereocenters. The van der Waals surface area contributed by atoms with Crippen LogP contribution in [0.5, 0.6) is 0 Å². The van der Waals surface area contributed by atoms with E-state index in [0.29, 0.717) is 6.54 Å². The minimum atomic E-state index is 0.0857. The monoisotopic (exact) mass is 245 g/mol. The van der Waals surface area contributed by atoms with Gasteiger partial charge in [-0.3, -0.25) is 19.5 Å². The zero-order chi connectivity index (χ0) is 13.1. The summed E-state index contributed by atoms with van der Waals surface area (Å²) >= 11 is 0. The van der Waals surface area contributed by atoms with Crippen LogP contribution in [0.3, 0.4) is 0 Å². The summed E-state index contributed by atoms with van der Waals surface area (Å²) in [5.41, 5.74) is 3.18. The van der Waals surface area contributed by atoms with Crippen LogP contribution in [0, 0.1) is 0 Å². The molecule has 1 aromatic heterocycles. The first kappa shape index (κ1) is 12.6. The van der Waals surface area contributed by atoms with Crippen LogP contribution in [0.15, 0.2) is 41.8 Å². The molecular weight excluding hydrogens is 226 g/mol. The highest BCUT2D eigenvalue weighted by molar-refractivity contribution is 5.25. The molecule has 1 N–H and O–H groups in total. The van der Waals surface area contributed by atoms with E-state index < -0.39 is 0 Å². The molecule has 0 spiro atoms. The minimum Gasteiger partial charge on any atom is -0.300 e. The molecule has 0 radical (unpaired) electrons. The number of aryl methyl sites for hydroxylation is 1. The molecule has 0 bridgehead atoms. The van der Waals surface area contributed by atoms with Crippen molar-refractivity contribution in [2.75, 3.05) is 13.1 Å². The number of aromatic nitrogens is 2. The number of aromatic amines is 1. The van der Waals surface area contributed by atoms with Gasteiger partial charge < -0.3 is 0 Å². The molecule has 0 aliphatic carbocycles. The standard InChI is InChI=1S/C14H19N3O/c1-4-6-11(5-2)9-17-8-7-13-12(10-17)14(18)16(3)15-13/h4-6,15H,1-2,7-10H2,3H3/b11-6+. The van der Waals surface area contributed by atoms with E-state index in [0.717, 1.165) is 36.3 Å². The Hall–Kier alpha value is -1.81. The van der Waals surface area contributed by atoms with Crippen LogP contribution < -0.4 is 5.56 Å². The quantitative estimate of drug-likeness (QED) is 0.814. The lowest BCUT2D eigenvalue weighted by atomic mass is 10.1. The van der Waals surface area contributed by atoms with Crippen molar-refractivity contribution >= 4 is 0 Å². The van der Waals surface area contributed by atoms with E-state index in [1.807, 2.05) is 12.2 Å². The normalized spacial score (nSPS) is 16.4. The molecule has 1 aromatic rings. The third-order valence-corrected chi connectivity index (χ3v) is 3.29. The van der Waals surface area contributed by atoms with Gasteiger partial charge in [-0.2, -0.15) is 0 Å². The van der Waals surface area contributed by atoms with Crippen LogP contribution >= 0.6 is 0 Å². The van der Waals surface area contributed by atoms with Gasteiger partial charge in [0.1, 0.15) is 0 Å². The molecule has 2 rings (SSSR count). The maximum Gasteiger partial charge on any atom is 0.270 e. The molecule has 2 heterocycles. The van der Waals surface area contributed by atoms with Crippen LogP contribution in [-0.4, -0.2) is 27.8 Å². The Morgan fingerprint density at radius 2 is 2.28 bits per heavy atom. The van der Waals surface area contributed by atoms with E-state index in [9.17, 15) is 4.79 Å². The molecule has 4 nitrogen and oxygen atoms in total. The molecule has 4 heteroatoms. The Morgan fingerprint density at radius 3 is 2.94 bits per heavy atom. The van der Waals surface area contributed by atoms with E-state index in [1.165, 1.54) is 0 Å². The van der Waals surface area contributed by atoms with Crippen LogP contribution in [-0.2, 0) is 20.0 Å². The van der Waals surface area contributed by atoms with E-state index in [-0.39, 0.29) is 5.56 Å². The van der Waals surface area contributed by atoms with Crippen molar-refractivity contribution in [3.63, 3.8) is 0 Å². The molecular formula is C14H19N3O. The summed E-state index contributed by atoms with van der Waals surface area (Å²) in [4.78, 5) is 14.2. The van der Waals surface area contributed by atoms with Gasteiger partial charge >= 0.3 is 0 Å². The Bertz CT molecular complexity index is 548. The minimum absolute atomic E-state index is 0.0857. The van der Waals surface area contributed by atoms with Crippen molar-refractivity contribution in [1.82, 2.24) is 14.7 Å². The number of hydrogen-bond donors (Lipinski definition) is 1. The van der Waals surface area contributed by atoms with Gasteiger partial charge in [0.05, 0.1) is 5.56 Å². The average molecular weight is 245 g/mol. The summed E-state index contributed by atoms with van der Waals surface area (Å²) < 4.78 is 1.56. The van der Waals surface area contributed by atoms with E-state index in [1.54, 1.807) is 17.8 Å². The molecule has 1 aliphatic rings. The molecule has 0 saturated heterocycles. The molecule has 0 amide bonds. The molecule has 0 fully saturated rings. The number of H-pyrrole nitrogens is 1. The number of rotatable bonds is 4. The second-order valence-electron chi connectivity index (χ2n) is 4.58. The largest absolute Gasteiger partial charge is 0.300 e. The Morgan fingerprint density at radius 1 is 1.50 bits per heavy atom. The first-order chi connectivity index (χ1) is 8.65. The van der Waals surface area contributed by atoms with Gasteiger partial charge in [-0.05, 0) is 5.57 Å². The van der Waals surface area contributed by atoms with E-state index >= 15 is 0 Å². The lowest BCUT2D eigenvalue weighted by molar-refractivity contribution is 0.276. The Labute approximate surface area is 107 Å². The van der Waals surface area contributed by atoms with Crippen molar-refractivity contribution in [3.05, 3.63) is 58.6 Å². The van der Waals surface area contributed by atoms with Crippen LogP contribution in [0.2, 0.25) is 0 Å². The Kier molecular flexibility index (Phi) is 3.67. The molecule has 1 aliphatic heterocycles. The van der Waals surface area contributed by atoms with Crippen molar-refractivity contribution < 1.29 is 0 Å². The molecule has 18 heavy (non-hydrogen) atoms. The van der Waals surface area contributed by atoms with Gasteiger partial charge in [0, 0.05) is 38.8 Å². The van der Waals surface area contributed by atoms with Crippen molar-refractivity contribution in [3.8, 4) is 0 Å². The maximum absolute atomic E-state index is 11.9. The maximum atomic E-state index is 11.9. The Balaban J connectivity index is 2.14. The van der Waals surface area contributed by atoms with Crippen molar-refractivity contribution in [2.45, 2.75) is 13.0 Å². The summed E-state index contributed by atoms with van der Waals surface area (Å²) in [5.74, 6) is 0. The second kappa shape index (κ2) is 5.23. The third-order valence-electron chi connectivity index (χ3n) is 3.29. The molecule has 0 saturated carbocycles. The van der Waals surface area contributed by atoms with E-state index in [2.05, 4.69) is 23.2 Å². The number of fused-ring (bicyclic) bond motifs is 1. The first-order valence-corrected chi connectivity index (χ1v) is 6.09. The topological polar surface area (TPSA) is 41.0 Å². The van der Waals surface area contributed by atoms with Crippen LogP contribution in [0.4, 0.5) is 0 Å². The van der Waals surface area contributed by atoms with Crippen molar-refractivity contribution in [2.24, 2.45) is 7.05 Å². The predicted octanol–water partition coefficient (Wildman–Crippen LogP) is 1.37. The van der Waals surface area contributed by atoms with Crippen LogP contribution in [0.1, 0.15) is 11.3 Å². The molecule has 0 aromatic carbocycles. The summed E-state index contributed by atoms with van der Waals surface area (Å²) in [6, 6.07) is 0. The third kappa shape index (κ3) is 2.38. The number of nitrogens with zero attached hydrogens (tertiary/aromatic N) is 2.